The zero-order valence-electron chi connectivity index (χ0n) is 16.5. The second-order valence-corrected chi connectivity index (χ2v) is 9.33. The predicted molar refractivity (Wildman–Crippen MR) is 97.0 cm³/mol. The molecule has 0 aromatic heterocycles. The molecule has 2 heteroatoms. The van der Waals surface area contributed by atoms with E-state index in [1.54, 1.807) is 0 Å². The third kappa shape index (κ3) is 5.85. The Kier molecular flexibility index (Phi) is 8.65. The summed E-state index contributed by atoms with van der Waals surface area (Å²) in [6.07, 6.45) is 6.43. The van der Waals surface area contributed by atoms with Crippen LogP contribution in [0.25, 0.3) is 0 Å². The molecular weight excluding hydrogens is 272 g/mol. The summed E-state index contributed by atoms with van der Waals surface area (Å²) in [5.74, 6) is 0. The van der Waals surface area contributed by atoms with Gasteiger partial charge in [0.15, 0.2) is 0 Å². The Morgan fingerprint density at radius 3 is 1.32 bits per heavy atom. The van der Waals surface area contributed by atoms with Crippen LogP contribution in [0.3, 0.4) is 0 Å². The van der Waals surface area contributed by atoms with Gasteiger partial charge < -0.3 is 10.2 Å². The number of hydrogen-bond donors (Lipinski definition) is 2. The van der Waals surface area contributed by atoms with Gasteiger partial charge >= 0.3 is 0 Å². The SMILES string of the molecule is CCCCCC(CCCC)(C(O)C(C)(C)C)C(O)C(C)(C)C. The zero-order chi connectivity index (χ0) is 17.6. The highest BCUT2D eigenvalue weighted by Gasteiger charge is 2.51. The van der Waals surface area contributed by atoms with Crippen molar-refractivity contribution in [3.8, 4) is 0 Å². The summed E-state index contributed by atoms with van der Waals surface area (Å²) >= 11 is 0. The topological polar surface area (TPSA) is 40.5 Å². The van der Waals surface area contributed by atoms with Crippen molar-refractivity contribution in [1.82, 2.24) is 0 Å². The largest absolute Gasteiger partial charge is 0.392 e. The molecule has 0 aliphatic heterocycles. The van der Waals surface area contributed by atoms with Crippen LogP contribution >= 0.6 is 0 Å². The second kappa shape index (κ2) is 8.68. The number of aliphatic hydroxyl groups excluding tert-OH is 2. The summed E-state index contributed by atoms with van der Waals surface area (Å²) in [6.45, 7) is 16.9. The summed E-state index contributed by atoms with van der Waals surface area (Å²) < 4.78 is 0. The molecule has 0 amide bonds. The molecule has 0 spiro atoms. The molecule has 2 N–H and O–H groups in total. The van der Waals surface area contributed by atoms with Crippen molar-refractivity contribution in [2.24, 2.45) is 16.2 Å². The van der Waals surface area contributed by atoms with Crippen LogP contribution in [0, 0.1) is 16.2 Å². The maximum atomic E-state index is 11.2. The predicted octanol–water partition coefficient (Wildman–Crippen LogP) is 5.56. The molecule has 0 fully saturated rings. The Hall–Kier alpha value is -0.0800. The molecule has 2 atom stereocenters. The van der Waals surface area contributed by atoms with Gasteiger partial charge in [0.1, 0.15) is 0 Å². The molecule has 0 aliphatic rings. The molecule has 0 bridgehead atoms. The van der Waals surface area contributed by atoms with Crippen molar-refractivity contribution < 1.29 is 10.2 Å². The van der Waals surface area contributed by atoms with E-state index >= 15 is 0 Å². The molecule has 0 heterocycles. The standard InChI is InChI=1S/C20H42O2/c1-9-11-13-15-20(14-12-10-2,16(21)18(3,4)5)17(22)19(6,7)8/h16-17,21-22H,9-15H2,1-8H3. The third-order valence-corrected chi connectivity index (χ3v) is 4.97. The highest BCUT2D eigenvalue weighted by molar-refractivity contribution is 5.00. The monoisotopic (exact) mass is 314 g/mol. The van der Waals surface area contributed by atoms with Crippen molar-refractivity contribution in [3.63, 3.8) is 0 Å². The minimum Gasteiger partial charge on any atom is -0.392 e. The lowest BCUT2D eigenvalue weighted by Gasteiger charge is -2.51. The van der Waals surface area contributed by atoms with E-state index in [-0.39, 0.29) is 10.8 Å². The fourth-order valence-electron chi connectivity index (χ4n) is 3.76. The van der Waals surface area contributed by atoms with Gasteiger partial charge in [0.25, 0.3) is 0 Å². The lowest BCUT2D eigenvalue weighted by molar-refractivity contribution is -0.156. The molecule has 0 saturated carbocycles. The summed E-state index contributed by atoms with van der Waals surface area (Å²) in [5, 5.41) is 22.4. The molecule has 0 aromatic carbocycles. The van der Waals surface area contributed by atoms with Gasteiger partial charge in [0.05, 0.1) is 12.2 Å². The third-order valence-electron chi connectivity index (χ3n) is 4.97. The van der Waals surface area contributed by atoms with Gasteiger partial charge in [-0.3, -0.25) is 0 Å². The molecule has 0 aliphatic carbocycles. The Labute approximate surface area is 139 Å². The van der Waals surface area contributed by atoms with Crippen molar-refractivity contribution in [1.29, 1.82) is 0 Å². The maximum absolute atomic E-state index is 11.2. The first-order valence-electron chi connectivity index (χ1n) is 9.29. The van der Waals surface area contributed by atoms with E-state index < -0.39 is 17.6 Å². The minimum atomic E-state index is -0.488. The van der Waals surface area contributed by atoms with Crippen molar-refractivity contribution in [3.05, 3.63) is 0 Å². The summed E-state index contributed by atoms with van der Waals surface area (Å²) in [4.78, 5) is 0. The summed E-state index contributed by atoms with van der Waals surface area (Å²) in [7, 11) is 0. The fourth-order valence-corrected chi connectivity index (χ4v) is 3.76. The summed E-state index contributed by atoms with van der Waals surface area (Å²) in [5.41, 5.74) is -0.833. The van der Waals surface area contributed by atoms with Crippen LogP contribution < -0.4 is 0 Å². The molecule has 0 rings (SSSR count). The first-order chi connectivity index (χ1) is 9.93. The van der Waals surface area contributed by atoms with Crippen LogP contribution in [-0.2, 0) is 0 Å². The number of unbranched alkanes of at least 4 members (excludes halogenated alkanes) is 3. The van der Waals surface area contributed by atoms with Gasteiger partial charge in [-0.15, -0.1) is 0 Å². The fraction of sp³-hybridized carbons (Fsp3) is 1.00. The Bertz CT molecular complexity index is 276. The van der Waals surface area contributed by atoms with Crippen molar-refractivity contribution >= 4 is 0 Å². The molecule has 0 saturated heterocycles. The number of hydrogen-bond acceptors (Lipinski definition) is 2. The lowest BCUT2D eigenvalue weighted by atomic mass is 9.58. The smallest absolute Gasteiger partial charge is 0.0669 e. The van der Waals surface area contributed by atoms with Crippen molar-refractivity contribution in [2.75, 3.05) is 0 Å². The van der Waals surface area contributed by atoms with Gasteiger partial charge in [-0.2, -0.15) is 0 Å². The highest BCUT2D eigenvalue weighted by atomic mass is 16.3. The number of rotatable bonds is 9. The summed E-state index contributed by atoms with van der Waals surface area (Å²) in [6, 6.07) is 0. The Balaban J connectivity index is 5.69. The van der Waals surface area contributed by atoms with Gasteiger partial charge in [-0.25, -0.2) is 0 Å². The maximum Gasteiger partial charge on any atom is 0.0669 e. The van der Waals surface area contributed by atoms with E-state index in [1.807, 2.05) is 0 Å². The second-order valence-electron chi connectivity index (χ2n) is 9.33. The van der Waals surface area contributed by atoms with Gasteiger partial charge in [-0.1, -0.05) is 87.5 Å². The van der Waals surface area contributed by atoms with E-state index in [2.05, 4.69) is 55.4 Å². The Morgan fingerprint density at radius 2 is 1.00 bits per heavy atom. The quantitative estimate of drug-likeness (QED) is 0.547. The first-order valence-corrected chi connectivity index (χ1v) is 9.29. The molecule has 134 valence electrons. The Morgan fingerprint density at radius 1 is 0.636 bits per heavy atom. The van der Waals surface area contributed by atoms with Crippen LogP contribution in [0.4, 0.5) is 0 Å². The zero-order valence-corrected chi connectivity index (χ0v) is 16.5. The van der Waals surface area contributed by atoms with Crippen molar-refractivity contribution in [2.45, 2.75) is 113 Å². The van der Waals surface area contributed by atoms with Gasteiger partial charge in [-0.05, 0) is 23.7 Å². The van der Waals surface area contributed by atoms with Gasteiger partial charge in [0.2, 0.25) is 0 Å². The molecule has 2 nitrogen and oxygen atoms in total. The molecule has 22 heavy (non-hydrogen) atoms. The van der Waals surface area contributed by atoms with E-state index in [4.69, 9.17) is 0 Å². The molecular formula is C20H42O2. The van der Waals surface area contributed by atoms with E-state index in [0.29, 0.717) is 0 Å². The molecule has 0 aromatic rings. The van der Waals surface area contributed by atoms with Crippen LogP contribution in [0.5, 0.6) is 0 Å². The molecule has 2 unspecified atom stereocenters. The first kappa shape index (κ1) is 21.9. The van der Waals surface area contributed by atoms with Crippen LogP contribution in [0.15, 0.2) is 0 Å². The van der Waals surface area contributed by atoms with E-state index in [0.717, 1.165) is 32.1 Å². The van der Waals surface area contributed by atoms with Crippen LogP contribution in [0.2, 0.25) is 0 Å². The van der Waals surface area contributed by atoms with Crippen LogP contribution in [0.1, 0.15) is 100 Å². The average molecular weight is 315 g/mol. The normalized spacial score (nSPS) is 18.8. The number of aliphatic hydroxyl groups is 2. The lowest BCUT2D eigenvalue weighted by Crippen LogP contribution is -2.55. The van der Waals surface area contributed by atoms with Gasteiger partial charge in [0, 0.05) is 5.41 Å². The minimum absolute atomic E-state index is 0.216. The van der Waals surface area contributed by atoms with E-state index in [1.165, 1.54) is 12.8 Å². The average Bonchev–Trinajstić information content (AvgIpc) is 2.39. The highest BCUT2D eigenvalue weighted by Crippen LogP contribution is 2.49. The molecule has 0 radical (unpaired) electrons. The van der Waals surface area contributed by atoms with Crippen LogP contribution in [-0.4, -0.2) is 22.4 Å². The van der Waals surface area contributed by atoms with E-state index in [9.17, 15) is 10.2 Å².